The average molecular weight is 243 g/mol. The minimum Gasteiger partial charge on any atom is -0.383 e. The van der Waals surface area contributed by atoms with Gasteiger partial charge in [0, 0.05) is 13.7 Å². The Labute approximate surface area is 109 Å². The van der Waals surface area contributed by atoms with Gasteiger partial charge in [-0.15, -0.1) is 0 Å². The zero-order valence-electron chi connectivity index (χ0n) is 13.0. The van der Waals surface area contributed by atoms with E-state index in [0.717, 1.165) is 25.6 Å². The Morgan fingerprint density at radius 2 is 1.65 bits per heavy atom. The molecule has 0 aliphatic carbocycles. The summed E-state index contributed by atoms with van der Waals surface area (Å²) < 4.78 is 5.06. The van der Waals surface area contributed by atoms with Crippen molar-refractivity contribution in [1.29, 1.82) is 0 Å². The van der Waals surface area contributed by atoms with E-state index in [4.69, 9.17) is 4.74 Å². The first kappa shape index (κ1) is 16.9. The summed E-state index contributed by atoms with van der Waals surface area (Å²) in [6.45, 7) is 16.9. The van der Waals surface area contributed by atoms with Crippen LogP contribution in [-0.2, 0) is 4.74 Å². The zero-order chi connectivity index (χ0) is 13.5. The van der Waals surface area contributed by atoms with Crippen molar-refractivity contribution < 1.29 is 4.74 Å². The lowest BCUT2D eigenvalue weighted by atomic mass is 9.75. The second-order valence-electron chi connectivity index (χ2n) is 7.36. The van der Waals surface area contributed by atoms with E-state index in [-0.39, 0.29) is 0 Å². The molecule has 1 atom stereocenters. The van der Waals surface area contributed by atoms with Crippen LogP contribution in [0, 0.1) is 16.7 Å². The maximum Gasteiger partial charge on any atom is 0.0587 e. The molecule has 0 aliphatic heterocycles. The molecular formula is C15H33NO. The Morgan fingerprint density at radius 1 is 1.06 bits per heavy atom. The fourth-order valence-corrected chi connectivity index (χ4v) is 1.90. The van der Waals surface area contributed by atoms with Crippen molar-refractivity contribution in [1.82, 2.24) is 5.32 Å². The second kappa shape index (κ2) is 7.38. The van der Waals surface area contributed by atoms with E-state index in [9.17, 15) is 0 Å². The number of rotatable bonds is 7. The highest BCUT2D eigenvalue weighted by molar-refractivity contribution is 4.78. The SMILES string of the molecule is COCCNCC(CCC(C)(C)C)C(C)(C)C. The van der Waals surface area contributed by atoms with E-state index in [1.807, 2.05) is 0 Å². The minimum absolute atomic E-state index is 0.380. The van der Waals surface area contributed by atoms with E-state index in [1.54, 1.807) is 7.11 Å². The Bertz CT molecular complexity index is 188. The molecule has 2 heteroatoms. The number of hydrogen-bond acceptors (Lipinski definition) is 2. The lowest BCUT2D eigenvalue weighted by Gasteiger charge is -2.33. The van der Waals surface area contributed by atoms with Crippen LogP contribution in [-0.4, -0.2) is 26.8 Å². The second-order valence-corrected chi connectivity index (χ2v) is 7.36. The lowest BCUT2D eigenvalue weighted by molar-refractivity contribution is 0.172. The van der Waals surface area contributed by atoms with E-state index < -0.39 is 0 Å². The van der Waals surface area contributed by atoms with Crippen molar-refractivity contribution in [3.05, 3.63) is 0 Å². The van der Waals surface area contributed by atoms with Gasteiger partial charge in [-0.05, 0) is 36.1 Å². The van der Waals surface area contributed by atoms with Gasteiger partial charge in [-0.1, -0.05) is 41.5 Å². The average Bonchev–Trinajstić information content (AvgIpc) is 2.13. The van der Waals surface area contributed by atoms with Gasteiger partial charge in [0.2, 0.25) is 0 Å². The van der Waals surface area contributed by atoms with Crippen LogP contribution in [0.4, 0.5) is 0 Å². The topological polar surface area (TPSA) is 21.3 Å². The first-order chi connectivity index (χ1) is 7.67. The van der Waals surface area contributed by atoms with Crippen LogP contribution in [0.5, 0.6) is 0 Å². The third kappa shape index (κ3) is 9.61. The Morgan fingerprint density at radius 3 is 2.06 bits per heavy atom. The van der Waals surface area contributed by atoms with Crippen molar-refractivity contribution in [2.75, 3.05) is 26.8 Å². The van der Waals surface area contributed by atoms with Crippen LogP contribution >= 0.6 is 0 Å². The standard InChI is InChI=1S/C15H33NO/c1-14(2,3)9-8-13(15(4,5)6)12-16-10-11-17-7/h13,16H,8-12H2,1-7H3. The Balaban J connectivity index is 4.08. The van der Waals surface area contributed by atoms with Gasteiger partial charge in [0.1, 0.15) is 0 Å². The summed E-state index contributed by atoms with van der Waals surface area (Å²) in [6.07, 6.45) is 2.59. The normalized spacial score (nSPS) is 15.0. The van der Waals surface area contributed by atoms with Crippen LogP contribution in [0.2, 0.25) is 0 Å². The highest BCUT2D eigenvalue weighted by atomic mass is 16.5. The molecule has 0 spiro atoms. The predicted molar refractivity (Wildman–Crippen MR) is 76.4 cm³/mol. The van der Waals surface area contributed by atoms with Crippen molar-refractivity contribution in [2.45, 2.75) is 54.4 Å². The van der Waals surface area contributed by atoms with Gasteiger partial charge < -0.3 is 10.1 Å². The molecule has 0 heterocycles. The number of nitrogens with one attached hydrogen (secondary N) is 1. The van der Waals surface area contributed by atoms with Crippen LogP contribution in [0.1, 0.15) is 54.4 Å². The molecule has 0 saturated carbocycles. The van der Waals surface area contributed by atoms with Crippen molar-refractivity contribution in [3.8, 4) is 0 Å². The highest BCUT2D eigenvalue weighted by Crippen LogP contribution is 2.33. The predicted octanol–water partition coefficient (Wildman–Crippen LogP) is 3.71. The zero-order valence-corrected chi connectivity index (χ0v) is 13.0. The fourth-order valence-electron chi connectivity index (χ4n) is 1.90. The monoisotopic (exact) mass is 243 g/mol. The molecule has 1 unspecified atom stereocenters. The van der Waals surface area contributed by atoms with Crippen LogP contribution in [0.15, 0.2) is 0 Å². The van der Waals surface area contributed by atoms with E-state index in [0.29, 0.717) is 10.8 Å². The molecule has 0 radical (unpaired) electrons. The van der Waals surface area contributed by atoms with Gasteiger partial charge in [0.25, 0.3) is 0 Å². The van der Waals surface area contributed by atoms with Crippen LogP contribution in [0.3, 0.4) is 0 Å². The van der Waals surface area contributed by atoms with Crippen molar-refractivity contribution >= 4 is 0 Å². The summed E-state index contributed by atoms with van der Waals surface area (Å²) in [5.41, 5.74) is 0.821. The van der Waals surface area contributed by atoms with Gasteiger partial charge >= 0.3 is 0 Å². The molecule has 0 aromatic heterocycles. The molecule has 1 N–H and O–H groups in total. The maximum atomic E-state index is 5.06. The molecule has 17 heavy (non-hydrogen) atoms. The maximum absolute atomic E-state index is 5.06. The Hall–Kier alpha value is -0.0800. The molecule has 0 aliphatic rings. The minimum atomic E-state index is 0.380. The van der Waals surface area contributed by atoms with Gasteiger partial charge in [-0.3, -0.25) is 0 Å². The van der Waals surface area contributed by atoms with Gasteiger partial charge in [0.15, 0.2) is 0 Å². The molecule has 0 aromatic carbocycles. The van der Waals surface area contributed by atoms with Crippen LogP contribution < -0.4 is 5.32 Å². The smallest absolute Gasteiger partial charge is 0.0587 e. The molecule has 0 fully saturated rings. The Kier molecular flexibility index (Phi) is 7.34. The third-order valence-electron chi connectivity index (χ3n) is 3.34. The summed E-state index contributed by atoms with van der Waals surface area (Å²) in [6, 6.07) is 0. The van der Waals surface area contributed by atoms with E-state index in [2.05, 4.69) is 46.9 Å². The summed E-state index contributed by atoms with van der Waals surface area (Å²) in [5.74, 6) is 0.735. The largest absolute Gasteiger partial charge is 0.383 e. The summed E-state index contributed by atoms with van der Waals surface area (Å²) >= 11 is 0. The number of ether oxygens (including phenoxy) is 1. The lowest BCUT2D eigenvalue weighted by Crippen LogP contribution is -2.34. The molecule has 0 rings (SSSR count). The molecular weight excluding hydrogens is 210 g/mol. The molecule has 2 nitrogen and oxygen atoms in total. The molecule has 0 saturated heterocycles. The van der Waals surface area contributed by atoms with Crippen molar-refractivity contribution in [3.63, 3.8) is 0 Å². The quantitative estimate of drug-likeness (QED) is 0.688. The summed E-state index contributed by atoms with van der Waals surface area (Å²) in [5, 5.41) is 3.50. The van der Waals surface area contributed by atoms with E-state index in [1.165, 1.54) is 12.8 Å². The number of hydrogen-bond donors (Lipinski definition) is 1. The molecule has 0 amide bonds. The fraction of sp³-hybridized carbons (Fsp3) is 1.00. The number of methoxy groups -OCH3 is 1. The summed E-state index contributed by atoms with van der Waals surface area (Å²) in [7, 11) is 1.75. The third-order valence-corrected chi connectivity index (χ3v) is 3.34. The van der Waals surface area contributed by atoms with Gasteiger partial charge in [-0.2, -0.15) is 0 Å². The molecule has 0 aromatic rings. The van der Waals surface area contributed by atoms with Crippen molar-refractivity contribution in [2.24, 2.45) is 16.7 Å². The van der Waals surface area contributed by atoms with Gasteiger partial charge in [-0.25, -0.2) is 0 Å². The first-order valence-corrected chi connectivity index (χ1v) is 6.86. The highest BCUT2D eigenvalue weighted by Gasteiger charge is 2.25. The van der Waals surface area contributed by atoms with Gasteiger partial charge in [0.05, 0.1) is 6.61 Å². The molecule has 104 valence electrons. The summed E-state index contributed by atoms with van der Waals surface area (Å²) in [4.78, 5) is 0. The molecule has 0 bridgehead atoms. The van der Waals surface area contributed by atoms with E-state index >= 15 is 0 Å². The first-order valence-electron chi connectivity index (χ1n) is 6.86. The van der Waals surface area contributed by atoms with Crippen LogP contribution in [0.25, 0.3) is 0 Å².